The summed E-state index contributed by atoms with van der Waals surface area (Å²) in [4.78, 5) is 2.63. The van der Waals surface area contributed by atoms with Gasteiger partial charge in [0.05, 0.1) is 11.6 Å². The lowest BCUT2D eigenvalue weighted by Gasteiger charge is -2.35. The molecule has 2 aliphatic heterocycles. The second kappa shape index (κ2) is 6.13. The van der Waals surface area contributed by atoms with E-state index in [0.29, 0.717) is 16.6 Å². The molecule has 0 amide bonds. The lowest BCUT2D eigenvalue weighted by molar-refractivity contribution is 0.166. The molecule has 0 spiro atoms. The molecule has 20 heavy (non-hydrogen) atoms. The summed E-state index contributed by atoms with van der Waals surface area (Å²) in [6.07, 6.45) is 5.20. The molecule has 0 aromatic heterocycles. The minimum Gasteiger partial charge on any atom is -0.310 e. The van der Waals surface area contributed by atoms with Gasteiger partial charge >= 0.3 is 0 Å². The molecule has 1 N–H and O–H groups in total. The van der Waals surface area contributed by atoms with Crippen molar-refractivity contribution in [1.82, 2.24) is 10.2 Å². The second-order valence-corrected chi connectivity index (χ2v) is 6.26. The third-order valence-corrected chi connectivity index (χ3v) is 4.94. The van der Waals surface area contributed by atoms with Crippen molar-refractivity contribution < 1.29 is 0 Å². The van der Waals surface area contributed by atoms with Gasteiger partial charge in [-0.3, -0.25) is 0 Å². The predicted molar refractivity (Wildman–Crippen MR) is 80.6 cm³/mol. The largest absolute Gasteiger partial charge is 0.310 e. The Labute approximate surface area is 125 Å². The van der Waals surface area contributed by atoms with E-state index >= 15 is 0 Å². The Hall–Kier alpha value is -1.08. The van der Waals surface area contributed by atoms with Crippen LogP contribution in [0.15, 0.2) is 18.2 Å². The zero-order valence-corrected chi connectivity index (χ0v) is 12.4. The number of nitriles is 1. The Balaban J connectivity index is 1.56. The lowest BCUT2D eigenvalue weighted by atomic mass is 9.97. The molecule has 3 nitrogen and oxygen atoms in total. The number of halogens is 1. The number of hydrogen-bond donors (Lipinski definition) is 1. The van der Waals surface area contributed by atoms with Crippen molar-refractivity contribution in [2.45, 2.75) is 44.3 Å². The van der Waals surface area contributed by atoms with Gasteiger partial charge in [0.1, 0.15) is 0 Å². The number of nitrogens with one attached hydrogen (secondary N) is 1. The van der Waals surface area contributed by atoms with Crippen molar-refractivity contribution in [3.05, 3.63) is 34.3 Å². The summed E-state index contributed by atoms with van der Waals surface area (Å²) in [5, 5.41) is 13.2. The summed E-state index contributed by atoms with van der Waals surface area (Å²) < 4.78 is 0. The van der Waals surface area contributed by atoms with Gasteiger partial charge in [0.15, 0.2) is 0 Å². The van der Waals surface area contributed by atoms with E-state index in [-0.39, 0.29) is 0 Å². The van der Waals surface area contributed by atoms with Crippen LogP contribution in [0.3, 0.4) is 0 Å². The molecule has 0 aliphatic carbocycles. The Kier molecular flexibility index (Phi) is 4.26. The Morgan fingerprint density at radius 3 is 3.05 bits per heavy atom. The molecule has 2 unspecified atom stereocenters. The molecule has 2 atom stereocenters. The van der Waals surface area contributed by atoms with Crippen LogP contribution in [0.25, 0.3) is 0 Å². The molecule has 2 saturated heterocycles. The van der Waals surface area contributed by atoms with Crippen LogP contribution in [0.4, 0.5) is 0 Å². The highest BCUT2D eigenvalue weighted by Gasteiger charge is 2.31. The lowest BCUT2D eigenvalue weighted by Crippen LogP contribution is -2.45. The first-order chi connectivity index (χ1) is 9.76. The Bertz CT molecular complexity index is 523. The number of rotatable bonds is 3. The summed E-state index contributed by atoms with van der Waals surface area (Å²) in [6, 6.07) is 9.04. The van der Waals surface area contributed by atoms with Crippen LogP contribution in [0.1, 0.15) is 36.8 Å². The second-order valence-electron chi connectivity index (χ2n) is 5.85. The van der Waals surface area contributed by atoms with Gasteiger partial charge in [-0.15, -0.1) is 0 Å². The van der Waals surface area contributed by atoms with E-state index in [2.05, 4.69) is 16.3 Å². The van der Waals surface area contributed by atoms with E-state index in [9.17, 15) is 0 Å². The number of benzene rings is 1. The van der Waals surface area contributed by atoms with Gasteiger partial charge in [-0.2, -0.15) is 5.26 Å². The van der Waals surface area contributed by atoms with E-state index in [1.54, 1.807) is 6.07 Å². The molecule has 2 heterocycles. The highest BCUT2D eigenvalue weighted by Crippen LogP contribution is 2.27. The average Bonchev–Trinajstić information content (AvgIpc) is 2.93. The molecule has 1 aromatic carbocycles. The zero-order valence-electron chi connectivity index (χ0n) is 11.6. The molecule has 2 aliphatic rings. The fourth-order valence-corrected chi connectivity index (χ4v) is 3.67. The molecule has 2 fully saturated rings. The highest BCUT2D eigenvalue weighted by molar-refractivity contribution is 6.31. The first-order valence-electron chi connectivity index (χ1n) is 7.42. The van der Waals surface area contributed by atoms with Crippen molar-refractivity contribution in [1.29, 1.82) is 5.26 Å². The first-order valence-corrected chi connectivity index (χ1v) is 7.80. The fourth-order valence-electron chi connectivity index (χ4n) is 3.42. The van der Waals surface area contributed by atoms with Gasteiger partial charge in [0.25, 0.3) is 0 Å². The van der Waals surface area contributed by atoms with Gasteiger partial charge < -0.3 is 10.2 Å². The maximum absolute atomic E-state index is 8.84. The quantitative estimate of drug-likeness (QED) is 0.930. The minimum absolute atomic E-state index is 0.598. The van der Waals surface area contributed by atoms with Gasteiger partial charge in [0.2, 0.25) is 0 Å². The molecular formula is C16H20ClN3. The first kappa shape index (κ1) is 13.9. The number of fused-ring (bicyclic) bond motifs is 1. The summed E-state index contributed by atoms with van der Waals surface area (Å²) in [5.41, 5.74) is 1.71. The van der Waals surface area contributed by atoms with Crippen LogP contribution in [0.2, 0.25) is 5.02 Å². The predicted octanol–water partition coefficient (Wildman–Crippen LogP) is 2.93. The van der Waals surface area contributed by atoms with E-state index in [0.717, 1.165) is 18.2 Å². The third-order valence-electron chi connectivity index (χ3n) is 4.58. The molecule has 106 valence electrons. The monoisotopic (exact) mass is 289 g/mol. The number of hydrogen-bond acceptors (Lipinski definition) is 3. The van der Waals surface area contributed by atoms with Gasteiger partial charge in [-0.1, -0.05) is 17.7 Å². The van der Waals surface area contributed by atoms with Crippen LogP contribution >= 0.6 is 11.6 Å². The summed E-state index contributed by atoms with van der Waals surface area (Å²) in [5.74, 6) is 0. The maximum Gasteiger partial charge on any atom is 0.0992 e. The molecule has 0 saturated carbocycles. The van der Waals surface area contributed by atoms with E-state index in [4.69, 9.17) is 16.9 Å². The van der Waals surface area contributed by atoms with Gasteiger partial charge in [0, 0.05) is 23.7 Å². The topological polar surface area (TPSA) is 39.1 Å². The van der Waals surface area contributed by atoms with Crippen LogP contribution < -0.4 is 5.32 Å². The van der Waals surface area contributed by atoms with Crippen LogP contribution in [0, 0.1) is 11.3 Å². The Morgan fingerprint density at radius 2 is 2.25 bits per heavy atom. The highest BCUT2D eigenvalue weighted by atomic mass is 35.5. The molecule has 1 aromatic rings. The standard InChI is InChI=1S/C16H20ClN3/c17-16-8-12(10-18)3-4-13(16)11-19-14-5-7-20-6-1-2-15(20)9-14/h3-4,8,14-15,19H,1-2,5-7,9,11H2. The zero-order chi connectivity index (χ0) is 13.9. The molecule has 0 bridgehead atoms. The number of piperidine rings is 1. The summed E-state index contributed by atoms with van der Waals surface area (Å²) in [7, 11) is 0. The average molecular weight is 290 g/mol. The van der Waals surface area contributed by atoms with E-state index < -0.39 is 0 Å². The van der Waals surface area contributed by atoms with Gasteiger partial charge in [-0.25, -0.2) is 0 Å². The molecule has 0 radical (unpaired) electrons. The van der Waals surface area contributed by atoms with Crippen molar-refractivity contribution in [3.8, 4) is 6.07 Å². The molecular weight excluding hydrogens is 270 g/mol. The summed E-state index contributed by atoms with van der Waals surface area (Å²) in [6.45, 7) is 3.31. The van der Waals surface area contributed by atoms with E-state index in [1.165, 1.54) is 38.8 Å². The fraction of sp³-hybridized carbons (Fsp3) is 0.562. The van der Waals surface area contributed by atoms with Crippen molar-refractivity contribution in [2.24, 2.45) is 0 Å². The van der Waals surface area contributed by atoms with Gasteiger partial charge in [-0.05, 0) is 56.5 Å². The molecule has 3 rings (SSSR count). The molecule has 4 heteroatoms. The Morgan fingerprint density at radius 1 is 1.35 bits per heavy atom. The van der Waals surface area contributed by atoms with Crippen molar-refractivity contribution >= 4 is 11.6 Å². The minimum atomic E-state index is 0.598. The van der Waals surface area contributed by atoms with Crippen molar-refractivity contribution in [3.63, 3.8) is 0 Å². The van der Waals surface area contributed by atoms with Crippen LogP contribution in [-0.4, -0.2) is 30.1 Å². The third kappa shape index (κ3) is 2.98. The maximum atomic E-state index is 8.84. The van der Waals surface area contributed by atoms with E-state index in [1.807, 2.05) is 12.1 Å². The number of nitrogens with zero attached hydrogens (tertiary/aromatic N) is 2. The normalized spacial score (nSPS) is 26.2. The van der Waals surface area contributed by atoms with Crippen molar-refractivity contribution in [2.75, 3.05) is 13.1 Å². The smallest absolute Gasteiger partial charge is 0.0992 e. The SMILES string of the molecule is N#Cc1ccc(CNC2CCN3CCCC3C2)c(Cl)c1. The van der Waals surface area contributed by atoms with Crippen LogP contribution in [-0.2, 0) is 6.54 Å². The summed E-state index contributed by atoms with van der Waals surface area (Å²) >= 11 is 6.22. The van der Waals surface area contributed by atoms with Crippen LogP contribution in [0.5, 0.6) is 0 Å².